The summed E-state index contributed by atoms with van der Waals surface area (Å²) in [4.78, 5) is 2.49. The van der Waals surface area contributed by atoms with E-state index in [1.54, 1.807) is 0 Å². The first kappa shape index (κ1) is 29.3. The van der Waals surface area contributed by atoms with Crippen molar-refractivity contribution in [2.24, 2.45) is 17.8 Å². The van der Waals surface area contributed by atoms with Gasteiger partial charge in [-0.25, -0.2) is 0 Å². The summed E-state index contributed by atoms with van der Waals surface area (Å²) in [5, 5.41) is 11.0. The topological polar surface area (TPSA) is 32.7 Å². The molecule has 0 spiro atoms. The van der Waals surface area contributed by atoms with Gasteiger partial charge >= 0.3 is 0 Å². The fourth-order valence-electron chi connectivity index (χ4n) is 6.48. The molecule has 206 valence electrons. The highest BCUT2D eigenvalue weighted by Crippen LogP contribution is 2.45. The number of ether oxygens (including phenoxy) is 1. The molecule has 0 aliphatic carbocycles. The van der Waals surface area contributed by atoms with Gasteiger partial charge < -0.3 is 9.84 Å². The average molecular weight is 500 g/mol. The Labute approximate surface area is 223 Å². The number of hydrogen-bond acceptors (Lipinski definition) is 3. The molecule has 0 radical (unpaired) electrons. The summed E-state index contributed by atoms with van der Waals surface area (Å²) in [6, 6.07) is 0. The lowest BCUT2D eigenvalue weighted by Crippen LogP contribution is -2.37. The molecule has 0 aromatic heterocycles. The van der Waals surface area contributed by atoms with Gasteiger partial charge in [0.1, 0.15) is 17.1 Å². The molecule has 1 N–H and O–H groups in total. The third-order valence-electron chi connectivity index (χ3n) is 9.29. The van der Waals surface area contributed by atoms with E-state index in [1.165, 1.54) is 69.8 Å². The number of phenolic OH excluding ortho intramolecular Hbond substituents is 1. The zero-order valence-electron chi connectivity index (χ0n) is 24.8. The average Bonchev–Trinajstić information content (AvgIpc) is 3.33. The van der Waals surface area contributed by atoms with E-state index in [0.717, 1.165) is 79.1 Å². The number of hydrogen-bond donors (Lipinski definition) is 1. The summed E-state index contributed by atoms with van der Waals surface area (Å²) in [6.45, 7) is 19.2. The summed E-state index contributed by atoms with van der Waals surface area (Å²) in [5.74, 6) is 4.12. The van der Waals surface area contributed by atoms with Gasteiger partial charge in [-0.05, 0) is 101 Å². The highest BCUT2D eigenvalue weighted by molar-refractivity contribution is 5.59. The highest BCUT2D eigenvalue weighted by Gasteiger charge is 2.35. The molecule has 2 aliphatic heterocycles. The van der Waals surface area contributed by atoms with Crippen LogP contribution in [-0.2, 0) is 13.0 Å². The van der Waals surface area contributed by atoms with Crippen molar-refractivity contribution in [1.29, 1.82) is 0 Å². The molecule has 3 unspecified atom stereocenters. The van der Waals surface area contributed by atoms with E-state index in [2.05, 4.69) is 53.4 Å². The van der Waals surface area contributed by atoms with Crippen molar-refractivity contribution in [2.75, 3.05) is 13.1 Å². The molecule has 0 bridgehead atoms. The largest absolute Gasteiger partial charge is 0.507 e. The van der Waals surface area contributed by atoms with Gasteiger partial charge in [-0.2, -0.15) is 0 Å². The van der Waals surface area contributed by atoms with E-state index in [9.17, 15) is 5.11 Å². The minimum atomic E-state index is -0.0866. The second-order valence-corrected chi connectivity index (χ2v) is 13.3. The summed E-state index contributed by atoms with van der Waals surface area (Å²) in [5.41, 5.74) is 4.45. The van der Waals surface area contributed by atoms with Crippen LogP contribution in [-0.4, -0.2) is 28.7 Å². The lowest BCUT2D eigenvalue weighted by atomic mass is 9.83. The number of nitrogens with zero attached hydrogens (tertiary/aromatic N) is 1. The smallest absolute Gasteiger partial charge is 0.127 e. The fraction of sp³-hybridized carbons (Fsp3) is 0.818. The van der Waals surface area contributed by atoms with Crippen molar-refractivity contribution in [3.63, 3.8) is 0 Å². The second kappa shape index (κ2) is 13.5. The predicted octanol–water partition coefficient (Wildman–Crippen LogP) is 9.13. The standard InChI is InChI=1S/C33H57NO2/c1-24(2)13-10-14-25(3)15-11-16-26(4)17-12-19-33(7)20-18-29-30(23-34-21-8-9-22-34)31(35)27(5)28(6)32(29)36-33/h24-26,35H,8-23H2,1-7H3. The Morgan fingerprint density at radius 2 is 1.44 bits per heavy atom. The monoisotopic (exact) mass is 499 g/mol. The molecule has 36 heavy (non-hydrogen) atoms. The molecule has 3 nitrogen and oxygen atoms in total. The Kier molecular flexibility index (Phi) is 11.0. The van der Waals surface area contributed by atoms with Gasteiger partial charge in [-0.15, -0.1) is 0 Å². The molecule has 3 atom stereocenters. The summed E-state index contributed by atoms with van der Waals surface area (Å²) < 4.78 is 6.81. The minimum absolute atomic E-state index is 0.0866. The maximum atomic E-state index is 11.0. The van der Waals surface area contributed by atoms with Gasteiger partial charge in [0, 0.05) is 17.7 Å². The Morgan fingerprint density at radius 1 is 0.861 bits per heavy atom. The van der Waals surface area contributed by atoms with Crippen LogP contribution >= 0.6 is 0 Å². The van der Waals surface area contributed by atoms with Gasteiger partial charge in [0.15, 0.2) is 0 Å². The van der Waals surface area contributed by atoms with Gasteiger partial charge in [-0.1, -0.05) is 72.6 Å². The minimum Gasteiger partial charge on any atom is -0.507 e. The zero-order chi connectivity index (χ0) is 26.3. The summed E-state index contributed by atoms with van der Waals surface area (Å²) in [7, 11) is 0. The second-order valence-electron chi connectivity index (χ2n) is 13.3. The van der Waals surface area contributed by atoms with Crippen molar-refractivity contribution in [3.05, 3.63) is 22.3 Å². The molecule has 2 heterocycles. The lowest BCUT2D eigenvalue weighted by Gasteiger charge is -2.39. The van der Waals surface area contributed by atoms with Crippen molar-refractivity contribution in [3.8, 4) is 11.5 Å². The number of likely N-dealkylation sites (tertiary alicyclic amines) is 1. The van der Waals surface area contributed by atoms with Crippen LogP contribution in [0.1, 0.15) is 134 Å². The number of benzene rings is 1. The third kappa shape index (κ3) is 8.14. The van der Waals surface area contributed by atoms with Crippen LogP contribution in [0.5, 0.6) is 11.5 Å². The first-order valence-corrected chi connectivity index (χ1v) is 15.3. The zero-order valence-corrected chi connectivity index (χ0v) is 24.8. The normalized spacial score (nSPS) is 22.0. The SMILES string of the molecule is Cc1c(C)c2c(c(CN3CCCC3)c1O)CCC(C)(CCCC(C)CCCC(C)CCCC(C)C)O2. The van der Waals surface area contributed by atoms with Gasteiger partial charge in [0.2, 0.25) is 0 Å². The first-order chi connectivity index (χ1) is 17.1. The van der Waals surface area contributed by atoms with E-state index in [-0.39, 0.29) is 5.60 Å². The molecule has 0 saturated carbocycles. The van der Waals surface area contributed by atoms with Crippen molar-refractivity contribution >= 4 is 0 Å². The molecular weight excluding hydrogens is 442 g/mol. The van der Waals surface area contributed by atoms with Crippen LogP contribution in [0.15, 0.2) is 0 Å². The molecule has 0 amide bonds. The Bertz CT molecular complexity index is 826. The third-order valence-corrected chi connectivity index (χ3v) is 9.29. The van der Waals surface area contributed by atoms with Gasteiger partial charge in [-0.3, -0.25) is 4.90 Å². The maximum absolute atomic E-state index is 11.0. The van der Waals surface area contributed by atoms with Crippen LogP contribution in [0.25, 0.3) is 0 Å². The number of rotatable bonds is 14. The summed E-state index contributed by atoms with van der Waals surface area (Å²) in [6.07, 6.45) is 16.6. The van der Waals surface area contributed by atoms with E-state index >= 15 is 0 Å². The Morgan fingerprint density at radius 3 is 2.06 bits per heavy atom. The number of fused-ring (bicyclic) bond motifs is 1. The Balaban J connectivity index is 1.48. The van der Waals surface area contributed by atoms with Gasteiger partial charge in [0.05, 0.1) is 0 Å². The van der Waals surface area contributed by atoms with Crippen molar-refractivity contribution in [2.45, 2.75) is 144 Å². The van der Waals surface area contributed by atoms with Crippen LogP contribution in [0.3, 0.4) is 0 Å². The first-order valence-electron chi connectivity index (χ1n) is 15.3. The van der Waals surface area contributed by atoms with Crippen LogP contribution < -0.4 is 4.74 Å². The van der Waals surface area contributed by atoms with Crippen molar-refractivity contribution in [1.82, 2.24) is 4.90 Å². The molecule has 1 aromatic carbocycles. The molecule has 3 rings (SSSR count). The van der Waals surface area contributed by atoms with Crippen LogP contribution in [0.2, 0.25) is 0 Å². The molecule has 3 heteroatoms. The number of phenols is 1. The predicted molar refractivity (Wildman–Crippen MR) is 154 cm³/mol. The molecular formula is C33H57NO2. The van der Waals surface area contributed by atoms with E-state index in [0.29, 0.717) is 5.75 Å². The Hall–Kier alpha value is -1.22. The number of aromatic hydroxyl groups is 1. The maximum Gasteiger partial charge on any atom is 0.127 e. The van der Waals surface area contributed by atoms with Crippen LogP contribution in [0.4, 0.5) is 0 Å². The van der Waals surface area contributed by atoms with Crippen molar-refractivity contribution < 1.29 is 9.84 Å². The van der Waals surface area contributed by atoms with E-state index in [1.807, 2.05) is 0 Å². The highest BCUT2D eigenvalue weighted by atomic mass is 16.5. The summed E-state index contributed by atoms with van der Waals surface area (Å²) >= 11 is 0. The molecule has 1 aromatic rings. The van der Waals surface area contributed by atoms with Crippen LogP contribution in [0, 0.1) is 31.6 Å². The van der Waals surface area contributed by atoms with E-state index in [4.69, 9.17) is 4.74 Å². The quantitative estimate of drug-likeness (QED) is 0.277. The fourth-order valence-corrected chi connectivity index (χ4v) is 6.48. The molecule has 2 aliphatic rings. The van der Waals surface area contributed by atoms with E-state index < -0.39 is 0 Å². The van der Waals surface area contributed by atoms with Gasteiger partial charge in [0.25, 0.3) is 0 Å². The molecule has 1 fully saturated rings. The lowest BCUT2D eigenvalue weighted by molar-refractivity contribution is 0.0508. The molecule has 1 saturated heterocycles.